The summed E-state index contributed by atoms with van der Waals surface area (Å²) < 4.78 is 10.1. The SMILES string of the molecule is CC(O)C(C)OC(=O)COc1ccc(Cl)cc1Cl. The van der Waals surface area contributed by atoms with E-state index >= 15 is 0 Å². The highest BCUT2D eigenvalue weighted by Gasteiger charge is 2.15. The molecule has 1 aromatic rings. The van der Waals surface area contributed by atoms with Crippen LogP contribution < -0.4 is 4.74 Å². The first-order chi connectivity index (χ1) is 8.40. The monoisotopic (exact) mass is 292 g/mol. The molecule has 1 N–H and O–H groups in total. The van der Waals surface area contributed by atoms with Crippen LogP contribution in [0.15, 0.2) is 18.2 Å². The van der Waals surface area contributed by atoms with Gasteiger partial charge in [0, 0.05) is 5.02 Å². The number of ether oxygens (including phenoxy) is 2. The van der Waals surface area contributed by atoms with Gasteiger partial charge in [-0.15, -0.1) is 0 Å². The molecule has 0 saturated carbocycles. The van der Waals surface area contributed by atoms with Crippen LogP contribution in [0.2, 0.25) is 10.0 Å². The van der Waals surface area contributed by atoms with Crippen molar-refractivity contribution < 1.29 is 19.4 Å². The Hall–Kier alpha value is -0.970. The van der Waals surface area contributed by atoms with Gasteiger partial charge in [-0.25, -0.2) is 4.79 Å². The first-order valence-corrected chi connectivity index (χ1v) is 6.11. The molecule has 0 aliphatic rings. The molecule has 0 aromatic heterocycles. The minimum Gasteiger partial charge on any atom is -0.480 e. The first kappa shape index (κ1) is 15.1. The van der Waals surface area contributed by atoms with Crippen LogP contribution in [0.4, 0.5) is 0 Å². The summed E-state index contributed by atoms with van der Waals surface area (Å²) in [5.41, 5.74) is 0. The maximum absolute atomic E-state index is 11.4. The number of carbonyl (C=O) groups is 1. The molecule has 0 heterocycles. The molecule has 0 radical (unpaired) electrons. The minimum atomic E-state index is -0.729. The Morgan fingerprint density at radius 3 is 2.61 bits per heavy atom. The Labute approximate surface area is 115 Å². The van der Waals surface area contributed by atoms with Crippen molar-refractivity contribution in [2.75, 3.05) is 6.61 Å². The second kappa shape index (κ2) is 6.83. The first-order valence-electron chi connectivity index (χ1n) is 5.35. The normalized spacial score (nSPS) is 13.8. The Kier molecular flexibility index (Phi) is 5.72. The van der Waals surface area contributed by atoms with Crippen LogP contribution in [0.25, 0.3) is 0 Å². The van der Waals surface area contributed by atoms with E-state index in [2.05, 4.69) is 0 Å². The second-order valence-corrected chi connectivity index (χ2v) is 4.64. The predicted molar refractivity (Wildman–Crippen MR) is 69.2 cm³/mol. The smallest absolute Gasteiger partial charge is 0.344 e. The third-order valence-corrected chi connectivity index (χ3v) is 2.77. The van der Waals surface area contributed by atoms with E-state index < -0.39 is 18.2 Å². The molecule has 0 aliphatic heterocycles. The lowest BCUT2D eigenvalue weighted by atomic mass is 10.3. The van der Waals surface area contributed by atoms with E-state index in [9.17, 15) is 9.90 Å². The molecule has 1 rings (SSSR count). The standard InChI is InChI=1S/C12H14Cl2O4/c1-7(15)8(2)18-12(16)6-17-11-4-3-9(13)5-10(11)14/h3-5,7-8,15H,6H2,1-2H3. The summed E-state index contributed by atoms with van der Waals surface area (Å²) in [5, 5.41) is 9.98. The van der Waals surface area contributed by atoms with E-state index in [4.69, 9.17) is 32.7 Å². The van der Waals surface area contributed by atoms with Crippen LogP contribution in [0.1, 0.15) is 13.8 Å². The fourth-order valence-electron chi connectivity index (χ4n) is 1.07. The van der Waals surface area contributed by atoms with Crippen molar-refractivity contribution in [1.29, 1.82) is 0 Å². The number of aliphatic hydroxyl groups excluding tert-OH is 1. The Morgan fingerprint density at radius 1 is 1.39 bits per heavy atom. The van der Waals surface area contributed by atoms with E-state index in [0.717, 1.165) is 0 Å². The molecule has 0 amide bonds. The van der Waals surface area contributed by atoms with Gasteiger partial charge in [0.1, 0.15) is 11.9 Å². The molecule has 100 valence electrons. The van der Waals surface area contributed by atoms with E-state index in [1.807, 2.05) is 0 Å². The van der Waals surface area contributed by atoms with Gasteiger partial charge in [0.25, 0.3) is 0 Å². The molecule has 4 nitrogen and oxygen atoms in total. The minimum absolute atomic E-state index is 0.279. The fourth-order valence-corrected chi connectivity index (χ4v) is 1.53. The summed E-state index contributed by atoms with van der Waals surface area (Å²) in [5.74, 6) is -0.225. The van der Waals surface area contributed by atoms with Gasteiger partial charge < -0.3 is 14.6 Å². The van der Waals surface area contributed by atoms with Crippen molar-refractivity contribution in [3.05, 3.63) is 28.2 Å². The van der Waals surface area contributed by atoms with Gasteiger partial charge in [0.15, 0.2) is 6.61 Å². The van der Waals surface area contributed by atoms with Crippen LogP contribution in [-0.2, 0) is 9.53 Å². The molecule has 2 atom stereocenters. The number of aliphatic hydroxyl groups is 1. The van der Waals surface area contributed by atoms with Crippen LogP contribution in [0, 0.1) is 0 Å². The molecular formula is C12H14Cl2O4. The largest absolute Gasteiger partial charge is 0.480 e. The van der Waals surface area contributed by atoms with E-state index in [0.29, 0.717) is 15.8 Å². The van der Waals surface area contributed by atoms with Gasteiger partial charge in [-0.2, -0.15) is 0 Å². The summed E-state index contributed by atoms with van der Waals surface area (Å²) in [4.78, 5) is 11.4. The van der Waals surface area contributed by atoms with Crippen molar-refractivity contribution >= 4 is 29.2 Å². The Balaban J connectivity index is 2.47. The quantitative estimate of drug-likeness (QED) is 0.848. The van der Waals surface area contributed by atoms with Crippen LogP contribution in [0.3, 0.4) is 0 Å². The number of hydrogen-bond acceptors (Lipinski definition) is 4. The molecule has 0 aliphatic carbocycles. The molecule has 2 unspecified atom stereocenters. The van der Waals surface area contributed by atoms with Crippen LogP contribution >= 0.6 is 23.2 Å². The summed E-state index contributed by atoms with van der Waals surface area (Å²) >= 11 is 11.6. The molecule has 0 bridgehead atoms. The van der Waals surface area contributed by atoms with Gasteiger partial charge in [-0.1, -0.05) is 23.2 Å². The van der Waals surface area contributed by atoms with Gasteiger partial charge in [-0.05, 0) is 32.0 Å². The average molecular weight is 293 g/mol. The number of benzene rings is 1. The average Bonchev–Trinajstić information content (AvgIpc) is 2.27. The highest BCUT2D eigenvalue weighted by atomic mass is 35.5. The van der Waals surface area contributed by atoms with Gasteiger partial charge in [0.05, 0.1) is 11.1 Å². The maximum atomic E-state index is 11.4. The van der Waals surface area contributed by atoms with Crippen molar-refractivity contribution in [2.45, 2.75) is 26.1 Å². The number of carbonyl (C=O) groups excluding carboxylic acids is 1. The molecule has 0 fully saturated rings. The number of esters is 1. The highest BCUT2D eigenvalue weighted by Crippen LogP contribution is 2.27. The number of halogens is 2. The van der Waals surface area contributed by atoms with Crippen LogP contribution in [0.5, 0.6) is 5.75 Å². The van der Waals surface area contributed by atoms with Gasteiger partial charge >= 0.3 is 5.97 Å². The lowest BCUT2D eigenvalue weighted by Gasteiger charge is -2.16. The zero-order valence-corrected chi connectivity index (χ0v) is 11.5. The molecule has 0 saturated heterocycles. The summed E-state index contributed by atoms with van der Waals surface area (Å²) in [6, 6.07) is 4.69. The molecule has 1 aromatic carbocycles. The Bertz CT molecular complexity index is 421. The lowest BCUT2D eigenvalue weighted by molar-refractivity contribution is -0.155. The molecule has 0 spiro atoms. The van der Waals surface area contributed by atoms with Crippen molar-refractivity contribution in [1.82, 2.24) is 0 Å². The summed E-state index contributed by atoms with van der Waals surface area (Å²) in [6.45, 7) is 2.85. The second-order valence-electron chi connectivity index (χ2n) is 3.80. The van der Waals surface area contributed by atoms with E-state index in [-0.39, 0.29) is 6.61 Å². The van der Waals surface area contributed by atoms with Gasteiger partial charge in [-0.3, -0.25) is 0 Å². The summed E-state index contributed by atoms with van der Waals surface area (Å²) in [6.07, 6.45) is -1.31. The predicted octanol–water partition coefficient (Wildman–Crippen LogP) is 2.68. The van der Waals surface area contributed by atoms with E-state index in [1.165, 1.54) is 13.0 Å². The van der Waals surface area contributed by atoms with Crippen molar-refractivity contribution in [3.63, 3.8) is 0 Å². The zero-order chi connectivity index (χ0) is 13.7. The van der Waals surface area contributed by atoms with Crippen LogP contribution in [-0.4, -0.2) is 29.9 Å². The number of rotatable bonds is 5. The maximum Gasteiger partial charge on any atom is 0.344 e. The van der Waals surface area contributed by atoms with Crippen molar-refractivity contribution in [2.24, 2.45) is 0 Å². The highest BCUT2D eigenvalue weighted by molar-refractivity contribution is 6.35. The third-order valence-electron chi connectivity index (χ3n) is 2.24. The lowest BCUT2D eigenvalue weighted by Crippen LogP contribution is -2.28. The van der Waals surface area contributed by atoms with E-state index in [1.54, 1.807) is 19.1 Å². The zero-order valence-electron chi connectivity index (χ0n) is 10.0. The molecular weight excluding hydrogens is 279 g/mol. The summed E-state index contributed by atoms with van der Waals surface area (Å²) in [7, 11) is 0. The topological polar surface area (TPSA) is 55.8 Å². The number of hydrogen-bond donors (Lipinski definition) is 1. The third kappa shape index (κ3) is 4.72. The molecule has 18 heavy (non-hydrogen) atoms. The fraction of sp³-hybridized carbons (Fsp3) is 0.417. The molecule has 6 heteroatoms. The van der Waals surface area contributed by atoms with Gasteiger partial charge in [0.2, 0.25) is 0 Å². The van der Waals surface area contributed by atoms with Crippen molar-refractivity contribution in [3.8, 4) is 5.75 Å². The Morgan fingerprint density at radius 2 is 2.06 bits per heavy atom.